The Morgan fingerprint density at radius 1 is 1.20 bits per heavy atom. The van der Waals surface area contributed by atoms with E-state index in [1.165, 1.54) is 23.1 Å². The Morgan fingerprint density at radius 2 is 2.02 bits per heavy atom. The van der Waals surface area contributed by atoms with E-state index in [0.29, 0.717) is 23.5 Å². The SMILES string of the molecule is CC(CNC(=O)Oc1cccc(C2N=Cc3ccccc3NC2=O)c1)C(=O)NCCSC(N=C(N)N)c1cscn1. The number of thioether (sulfide) groups is 1. The quantitative estimate of drug-likeness (QED) is 0.127. The van der Waals surface area contributed by atoms with Crippen molar-refractivity contribution in [2.24, 2.45) is 27.4 Å². The van der Waals surface area contributed by atoms with Gasteiger partial charge in [-0.25, -0.2) is 14.8 Å². The van der Waals surface area contributed by atoms with Crippen molar-refractivity contribution in [2.75, 3.05) is 24.2 Å². The number of anilines is 1. The van der Waals surface area contributed by atoms with Crippen molar-refractivity contribution in [3.8, 4) is 5.75 Å². The molecule has 3 aromatic rings. The van der Waals surface area contributed by atoms with Gasteiger partial charge in [-0.1, -0.05) is 37.3 Å². The fraction of sp³-hybridized carbons (Fsp3) is 0.259. The van der Waals surface area contributed by atoms with Crippen molar-refractivity contribution in [3.05, 3.63) is 76.2 Å². The van der Waals surface area contributed by atoms with E-state index >= 15 is 0 Å². The number of aliphatic imine (C=N–C) groups is 2. The number of aromatic nitrogens is 1. The Bertz CT molecular complexity index is 1430. The smallest absolute Gasteiger partial charge is 0.410 e. The fourth-order valence-electron chi connectivity index (χ4n) is 3.79. The summed E-state index contributed by atoms with van der Waals surface area (Å²) in [7, 11) is 0. The third-order valence-electron chi connectivity index (χ3n) is 5.86. The highest BCUT2D eigenvalue weighted by Crippen LogP contribution is 2.29. The van der Waals surface area contributed by atoms with Crippen LogP contribution >= 0.6 is 23.1 Å². The molecule has 0 bridgehead atoms. The lowest BCUT2D eigenvalue weighted by Crippen LogP contribution is -2.39. The first-order valence-electron chi connectivity index (χ1n) is 12.6. The number of nitrogens with two attached hydrogens (primary N) is 2. The number of carbonyl (C=O) groups excluding carboxylic acids is 3. The van der Waals surface area contributed by atoms with Gasteiger partial charge in [0.05, 0.1) is 17.1 Å². The molecule has 1 aromatic heterocycles. The summed E-state index contributed by atoms with van der Waals surface area (Å²) in [6, 6.07) is 13.2. The van der Waals surface area contributed by atoms with Gasteiger partial charge >= 0.3 is 6.09 Å². The predicted octanol–water partition coefficient (Wildman–Crippen LogP) is 2.80. The number of hydrogen-bond donors (Lipinski definition) is 5. The molecule has 3 amide bonds. The number of amides is 3. The van der Waals surface area contributed by atoms with Crippen LogP contribution in [0.15, 0.2) is 69.4 Å². The molecule has 0 spiro atoms. The molecule has 214 valence electrons. The van der Waals surface area contributed by atoms with Crippen LogP contribution in [0.1, 0.15) is 35.2 Å². The highest BCUT2D eigenvalue weighted by molar-refractivity contribution is 7.99. The van der Waals surface area contributed by atoms with Crippen molar-refractivity contribution in [3.63, 3.8) is 0 Å². The second-order valence-corrected chi connectivity index (χ2v) is 10.9. The van der Waals surface area contributed by atoms with Crippen LogP contribution in [0, 0.1) is 5.92 Å². The van der Waals surface area contributed by atoms with Crippen LogP contribution in [0.5, 0.6) is 5.75 Å². The molecule has 0 aliphatic carbocycles. The molecule has 1 aliphatic heterocycles. The van der Waals surface area contributed by atoms with E-state index in [2.05, 4.69) is 30.9 Å². The second-order valence-electron chi connectivity index (χ2n) is 8.98. The van der Waals surface area contributed by atoms with Gasteiger partial charge in [0.25, 0.3) is 5.91 Å². The molecule has 0 radical (unpaired) electrons. The molecule has 0 saturated carbocycles. The summed E-state index contributed by atoms with van der Waals surface area (Å²) in [5, 5.41) is 9.83. The molecule has 3 atom stereocenters. The first kappa shape index (κ1) is 29.6. The van der Waals surface area contributed by atoms with Crippen LogP contribution in [0.4, 0.5) is 10.5 Å². The molecule has 0 fully saturated rings. The molecule has 2 heterocycles. The van der Waals surface area contributed by atoms with E-state index in [1.807, 2.05) is 23.6 Å². The Hall–Kier alpha value is -4.43. The number of carbonyl (C=O) groups is 3. The average Bonchev–Trinajstić information content (AvgIpc) is 3.43. The molecule has 7 N–H and O–H groups in total. The molecular weight excluding hydrogens is 564 g/mol. The number of rotatable bonds is 11. The summed E-state index contributed by atoms with van der Waals surface area (Å²) in [6.45, 7) is 2.15. The van der Waals surface area contributed by atoms with Gasteiger partial charge in [-0.3, -0.25) is 14.6 Å². The Balaban J connectivity index is 1.22. The van der Waals surface area contributed by atoms with Crippen molar-refractivity contribution < 1.29 is 19.1 Å². The van der Waals surface area contributed by atoms with Gasteiger partial charge in [0.15, 0.2) is 12.0 Å². The minimum atomic E-state index is -0.799. The number of fused-ring (bicyclic) bond motifs is 1. The topological polar surface area (TPSA) is 186 Å². The Morgan fingerprint density at radius 3 is 2.80 bits per heavy atom. The zero-order valence-electron chi connectivity index (χ0n) is 22.2. The molecule has 14 heteroatoms. The second kappa shape index (κ2) is 14.3. The normalized spacial score (nSPS) is 15.4. The number of benzodiazepines with no additional fused rings is 1. The van der Waals surface area contributed by atoms with Crippen molar-refractivity contribution >= 4 is 58.9 Å². The predicted molar refractivity (Wildman–Crippen MR) is 161 cm³/mol. The number of hydrogen-bond acceptors (Lipinski definition) is 9. The molecule has 2 aromatic carbocycles. The summed E-state index contributed by atoms with van der Waals surface area (Å²) < 4.78 is 5.39. The number of nitrogens with zero attached hydrogens (tertiary/aromatic N) is 3. The van der Waals surface area contributed by atoms with Crippen molar-refractivity contribution in [1.82, 2.24) is 15.6 Å². The number of guanidine groups is 1. The van der Waals surface area contributed by atoms with E-state index in [4.69, 9.17) is 16.2 Å². The van der Waals surface area contributed by atoms with Crippen LogP contribution in [-0.2, 0) is 9.59 Å². The number of nitrogens with one attached hydrogen (secondary N) is 3. The summed E-state index contributed by atoms with van der Waals surface area (Å²) in [5.41, 5.74) is 15.5. The van der Waals surface area contributed by atoms with Crippen molar-refractivity contribution in [1.29, 1.82) is 0 Å². The summed E-state index contributed by atoms with van der Waals surface area (Å²) in [5.74, 6) is -0.254. The minimum Gasteiger partial charge on any atom is -0.410 e. The van der Waals surface area contributed by atoms with Gasteiger partial charge in [0.1, 0.15) is 11.1 Å². The third-order valence-corrected chi connectivity index (χ3v) is 7.57. The number of thiazole rings is 1. The highest BCUT2D eigenvalue weighted by atomic mass is 32.2. The molecular formula is C27H30N8O4S2. The van der Waals surface area contributed by atoms with Gasteiger partial charge in [-0.15, -0.1) is 23.1 Å². The van der Waals surface area contributed by atoms with Gasteiger partial charge in [-0.2, -0.15) is 0 Å². The third kappa shape index (κ3) is 8.53. The summed E-state index contributed by atoms with van der Waals surface area (Å²) in [4.78, 5) is 50.5. The minimum absolute atomic E-state index is 0.0349. The number of para-hydroxylation sites is 1. The highest BCUT2D eigenvalue weighted by Gasteiger charge is 2.23. The van der Waals surface area contributed by atoms with Gasteiger partial charge in [-0.05, 0) is 23.8 Å². The number of benzene rings is 2. The zero-order chi connectivity index (χ0) is 29.2. The molecule has 4 rings (SSSR count). The van der Waals surface area contributed by atoms with Gasteiger partial charge in [0, 0.05) is 41.7 Å². The lowest BCUT2D eigenvalue weighted by atomic mass is 10.1. The average molecular weight is 595 g/mol. The lowest BCUT2D eigenvalue weighted by Gasteiger charge is -2.15. The van der Waals surface area contributed by atoms with E-state index in [-0.39, 0.29) is 35.4 Å². The zero-order valence-corrected chi connectivity index (χ0v) is 23.8. The first-order chi connectivity index (χ1) is 19.8. The Kier molecular flexibility index (Phi) is 10.3. The summed E-state index contributed by atoms with van der Waals surface area (Å²) in [6.07, 6.45) is 0.925. The fourth-order valence-corrected chi connectivity index (χ4v) is 5.39. The van der Waals surface area contributed by atoms with E-state index < -0.39 is 18.1 Å². The standard InChI is InChI=1S/C27H30N8O4S2/c1-16(23(36)30-9-10-41-25(35-26(28)29)21-14-40-15-33-21)12-32-27(38)39-19-7-4-6-17(11-19)22-24(37)34-20-8-3-2-5-18(20)13-31-22/h2-8,11,13-16,22,25H,9-10,12H2,1H3,(H,30,36)(H,32,38)(H,34,37)(H4,28,29,35). The molecule has 3 unspecified atom stereocenters. The van der Waals surface area contributed by atoms with Gasteiger partial charge < -0.3 is 32.2 Å². The maximum absolute atomic E-state index is 12.8. The number of ether oxygens (including phenoxy) is 1. The molecule has 0 saturated heterocycles. The van der Waals surface area contributed by atoms with Gasteiger partial charge in [0.2, 0.25) is 5.91 Å². The largest absolute Gasteiger partial charge is 0.412 e. The van der Waals surface area contributed by atoms with E-state index in [9.17, 15) is 14.4 Å². The maximum atomic E-state index is 12.8. The van der Waals surface area contributed by atoms with Crippen LogP contribution < -0.4 is 32.2 Å². The van der Waals surface area contributed by atoms with E-state index in [0.717, 1.165) is 11.3 Å². The molecule has 1 aliphatic rings. The lowest BCUT2D eigenvalue weighted by molar-refractivity contribution is -0.124. The molecule has 41 heavy (non-hydrogen) atoms. The van der Waals surface area contributed by atoms with Crippen LogP contribution in [-0.4, -0.2) is 53.9 Å². The maximum Gasteiger partial charge on any atom is 0.412 e. The monoisotopic (exact) mass is 594 g/mol. The van der Waals surface area contributed by atoms with Crippen molar-refractivity contribution in [2.45, 2.75) is 18.3 Å². The molecule has 12 nitrogen and oxygen atoms in total. The van der Waals surface area contributed by atoms with Crippen LogP contribution in [0.3, 0.4) is 0 Å². The summed E-state index contributed by atoms with van der Waals surface area (Å²) >= 11 is 2.89. The first-order valence-corrected chi connectivity index (χ1v) is 14.6. The van der Waals surface area contributed by atoms with E-state index in [1.54, 1.807) is 49.0 Å². The van der Waals surface area contributed by atoms with Crippen LogP contribution in [0.2, 0.25) is 0 Å². The van der Waals surface area contributed by atoms with Crippen LogP contribution in [0.25, 0.3) is 0 Å². The Labute approximate surface area is 245 Å².